The van der Waals surface area contributed by atoms with Crippen LogP contribution in [0.5, 0.6) is 0 Å². The van der Waals surface area contributed by atoms with Gasteiger partial charge in [0.1, 0.15) is 6.54 Å². The molecule has 3 heteroatoms. The molecule has 0 aromatic heterocycles. The number of nitrogens with one attached hydrogen (secondary N) is 1. The average molecular weight is 325 g/mol. The minimum Gasteiger partial charge on any atom is -0.348 e. The lowest BCUT2D eigenvalue weighted by molar-refractivity contribution is -0.689. The molecule has 2 atom stereocenters. The molecule has 0 aliphatic rings. The second-order valence-corrected chi connectivity index (χ2v) is 6.65. The summed E-state index contributed by atoms with van der Waals surface area (Å²) in [5.74, 6) is 0.114. The summed E-state index contributed by atoms with van der Waals surface area (Å²) in [4.78, 5) is 12.3. The number of amides is 1. The van der Waals surface area contributed by atoms with Gasteiger partial charge in [-0.3, -0.25) is 4.79 Å². The summed E-state index contributed by atoms with van der Waals surface area (Å²) >= 11 is 0. The zero-order chi connectivity index (χ0) is 17.4. The number of hydrogen-bond acceptors (Lipinski definition) is 1. The molecule has 2 aromatic rings. The molecule has 3 N–H and O–H groups in total. The Labute approximate surface area is 145 Å². The highest BCUT2D eigenvalue weighted by molar-refractivity contribution is 5.80. The molecule has 2 aromatic carbocycles. The van der Waals surface area contributed by atoms with E-state index in [0.717, 1.165) is 19.4 Å². The van der Waals surface area contributed by atoms with E-state index in [1.807, 2.05) is 13.0 Å². The third-order valence-corrected chi connectivity index (χ3v) is 4.34. The third kappa shape index (κ3) is 6.17. The largest absolute Gasteiger partial charge is 0.348 e. The molecule has 0 saturated carbocycles. The quantitative estimate of drug-likeness (QED) is 0.770. The molecule has 0 spiro atoms. The predicted molar refractivity (Wildman–Crippen MR) is 98.6 cm³/mol. The van der Waals surface area contributed by atoms with Crippen LogP contribution in [-0.4, -0.2) is 18.0 Å². The van der Waals surface area contributed by atoms with Gasteiger partial charge in [0.05, 0.1) is 0 Å². The van der Waals surface area contributed by atoms with Gasteiger partial charge in [-0.1, -0.05) is 60.2 Å². The molecule has 0 fully saturated rings. The van der Waals surface area contributed by atoms with Gasteiger partial charge >= 0.3 is 0 Å². The highest BCUT2D eigenvalue weighted by atomic mass is 16.2. The van der Waals surface area contributed by atoms with Gasteiger partial charge in [0.25, 0.3) is 5.91 Å². The molecule has 0 heterocycles. The molecule has 0 saturated heterocycles. The van der Waals surface area contributed by atoms with Crippen LogP contribution in [0.15, 0.2) is 54.6 Å². The molecular formula is C21H29N2O+. The Hall–Kier alpha value is -2.13. The number of rotatable bonds is 8. The van der Waals surface area contributed by atoms with Gasteiger partial charge in [-0.15, -0.1) is 0 Å². The predicted octanol–water partition coefficient (Wildman–Crippen LogP) is 2.58. The number of aryl methyl sites for hydroxylation is 2. The molecule has 128 valence electrons. The lowest BCUT2D eigenvalue weighted by Gasteiger charge is -2.17. The highest BCUT2D eigenvalue weighted by Gasteiger charge is 2.17. The summed E-state index contributed by atoms with van der Waals surface area (Å²) < 4.78 is 0. The summed E-state index contributed by atoms with van der Waals surface area (Å²) in [6.07, 6.45) is 1.95. The Morgan fingerprint density at radius 1 is 1.00 bits per heavy atom. The van der Waals surface area contributed by atoms with Crippen molar-refractivity contribution in [2.24, 2.45) is 0 Å². The summed E-state index contributed by atoms with van der Waals surface area (Å²) in [7, 11) is 0. The SMILES string of the molecule is Cc1ccc(C[NH2+][C@H](C)C(=O)N[C@H](C)CCc2ccccc2)cc1. The van der Waals surface area contributed by atoms with Crippen LogP contribution in [0.1, 0.15) is 37.0 Å². The van der Waals surface area contributed by atoms with Crippen LogP contribution < -0.4 is 10.6 Å². The van der Waals surface area contributed by atoms with Crippen LogP contribution >= 0.6 is 0 Å². The molecule has 3 nitrogen and oxygen atoms in total. The van der Waals surface area contributed by atoms with E-state index in [1.165, 1.54) is 16.7 Å². The van der Waals surface area contributed by atoms with Crippen molar-refractivity contribution < 1.29 is 10.1 Å². The number of hydrogen-bond donors (Lipinski definition) is 2. The first-order valence-corrected chi connectivity index (χ1v) is 8.78. The Balaban J connectivity index is 1.71. The number of carbonyl (C=O) groups is 1. The van der Waals surface area contributed by atoms with Crippen molar-refractivity contribution in [3.63, 3.8) is 0 Å². The van der Waals surface area contributed by atoms with Crippen molar-refractivity contribution in [2.75, 3.05) is 0 Å². The molecule has 2 rings (SSSR count). The lowest BCUT2D eigenvalue weighted by Crippen LogP contribution is -2.90. The Morgan fingerprint density at radius 3 is 2.33 bits per heavy atom. The molecular weight excluding hydrogens is 296 g/mol. The van der Waals surface area contributed by atoms with E-state index in [1.54, 1.807) is 0 Å². The van der Waals surface area contributed by atoms with E-state index < -0.39 is 0 Å². The van der Waals surface area contributed by atoms with Crippen molar-refractivity contribution in [2.45, 2.75) is 52.2 Å². The molecule has 0 aliphatic heterocycles. The molecule has 1 amide bonds. The van der Waals surface area contributed by atoms with Gasteiger partial charge in [-0.25, -0.2) is 0 Å². The minimum absolute atomic E-state index is 0.0783. The van der Waals surface area contributed by atoms with E-state index in [9.17, 15) is 4.79 Å². The van der Waals surface area contributed by atoms with Crippen LogP contribution in [0, 0.1) is 6.92 Å². The van der Waals surface area contributed by atoms with Crippen LogP contribution in [0.4, 0.5) is 0 Å². The second-order valence-electron chi connectivity index (χ2n) is 6.65. The van der Waals surface area contributed by atoms with Crippen LogP contribution in [-0.2, 0) is 17.8 Å². The molecule has 0 radical (unpaired) electrons. The second kappa shape index (κ2) is 9.24. The fourth-order valence-corrected chi connectivity index (χ4v) is 2.62. The van der Waals surface area contributed by atoms with Crippen LogP contribution in [0.25, 0.3) is 0 Å². The van der Waals surface area contributed by atoms with Crippen molar-refractivity contribution in [3.05, 3.63) is 71.3 Å². The summed E-state index contributed by atoms with van der Waals surface area (Å²) in [5, 5.41) is 5.21. The summed E-state index contributed by atoms with van der Waals surface area (Å²) in [6.45, 7) is 6.95. The van der Waals surface area contributed by atoms with E-state index in [0.29, 0.717) is 0 Å². The Bertz CT molecular complexity index is 622. The smallest absolute Gasteiger partial charge is 0.278 e. The zero-order valence-corrected chi connectivity index (χ0v) is 15.0. The van der Waals surface area contributed by atoms with Gasteiger partial charge in [0, 0.05) is 11.6 Å². The monoisotopic (exact) mass is 325 g/mol. The topological polar surface area (TPSA) is 45.7 Å². The van der Waals surface area contributed by atoms with Crippen LogP contribution in [0.3, 0.4) is 0 Å². The molecule has 24 heavy (non-hydrogen) atoms. The van der Waals surface area contributed by atoms with Gasteiger partial charge in [0.15, 0.2) is 6.04 Å². The highest BCUT2D eigenvalue weighted by Crippen LogP contribution is 2.05. The maximum absolute atomic E-state index is 12.3. The van der Waals surface area contributed by atoms with Crippen molar-refractivity contribution in [3.8, 4) is 0 Å². The van der Waals surface area contributed by atoms with Crippen LogP contribution in [0.2, 0.25) is 0 Å². The first-order chi connectivity index (χ1) is 11.5. The number of benzene rings is 2. The average Bonchev–Trinajstić information content (AvgIpc) is 2.60. The normalized spacial score (nSPS) is 13.3. The molecule has 0 aliphatic carbocycles. The zero-order valence-electron chi connectivity index (χ0n) is 15.0. The lowest BCUT2D eigenvalue weighted by atomic mass is 10.1. The van der Waals surface area contributed by atoms with Gasteiger partial charge in [0.2, 0.25) is 0 Å². The van der Waals surface area contributed by atoms with E-state index in [2.05, 4.69) is 73.0 Å². The van der Waals surface area contributed by atoms with Gasteiger partial charge < -0.3 is 10.6 Å². The Kier molecular flexibility index (Phi) is 7.01. The van der Waals surface area contributed by atoms with Crippen molar-refractivity contribution in [1.82, 2.24) is 5.32 Å². The number of nitrogens with two attached hydrogens (primary N) is 1. The van der Waals surface area contributed by atoms with Crippen molar-refractivity contribution in [1.29, 1.82) is 0 Å². The third-order valence-electron chi connectivity index (χ3n) is 4.34. The number of quaternary nitrogens is 1. The Morgan fingerprint density at radius 2 is 1.67 bits per heavy atom. The van der Waals surface area contributed by atoms with Gasteiger partial charge in [-0.05, 0) is 39.2 Å². The first-order valence-electron chi connectivity index (χ1n) is 8.78. The maximum atomic E-state index is 12.3. The maximum Gasteiger partial charge on any atom is 0.278 e. The first kappa shape index (κ1) is 18.2. The standard InChI is InChI=1S/C21H28N2O/c1-16-9-12-20(13-10-16)15-22-18(3)21(24)23-17(2)11-14-19-7-5-4-6-8-19/h4-10,12-13,17-18,22H,11,14-15H2,1-3H3,(H,23,24)/p+1/t17-,18-/m1/s1. The van der Waals surface area contributed by atoms with E-state index >= 15 is 0 Å². The summed E-state index contributed by atoms with van der Waals surface area (Å²) in [5.41, 5.74) is 3.83. The van der Waals surface area contributed by atoms with Gasteiger partial charge in [-0.2, -0.15) is 0 Å². The fraction of sp³-hybridized carbons (Fsp3) is 0.381. The molecule has 0 bridgehead atoms. The summed E-state index contributed by atoms with van der Waals surface area (Å²) in [6, 6.07) is 19.0. The number of carbonyl (C=O) groups excluding carboxylic acids is 1. The fourth-order valence-electron chi connectivity index (χ4n) is 2.62. The van der Waals surface area contributed by atoms with E-state index in [4.69, 9.17) is 0 Å². The van der Waals surface area contributed by atoms with Crippen molar-refractivity contribution >= 4 is 5.91 Å². The molecule has 0 unspecified atom stereocenters. The minimum atomic E-state index is -0.0783. The van der Waals surface area contributed by atoms with E-state index in [-0.39, 0.29) is 18.0 Å².